The molecule has 1 aliphatic rings. The van der Waals surface area contributed by atoms with Gasteiger partial charge in [0.25, 0.3) is 0 Å². The first-order chi connectivity index (χ1) is 7.75. The van der Waals surface area contributed by atoms with Crippen molar-refractivity contribution in [3.8, 4) is 5.75 Å². The maximum Gasteiger partial charge on any atom is 0.133 e. The lowest BCUT2D eigenvalue weighted by Gasteiger charge is -2.10. The molecule has 0 spiro atoms. The average molecular weight is 329 g/mol. The largest absolute Gasteiger partial charge is 0.488 e. The molecule has 1 saturated carbocycles. The second kappa shape index (κ2) is 5.68. The van der Waals surface area contributed by atoms with Gasteiger partial charge in [0.1, 0.15) is 12.4 Å². The zero-order chi connectivity index (χ0) is 11.4. The van der Waals surface area contributed by atoms with E-state index in [-0.39, 0.29) is 0 Å². The molecule has 1 aliphatic carbocycles. The van der Waals surface area contributed by atoms with Crippen molar-refractivity contribution < 1.29 is 4.74 Å². The monoisotopic (exact) mass is 329 g/mol. The fourth-order valence-electron chi connectivity index (χ4n) is 1.37. The highest BCUT2D eigenvalue weighted by Gasteiger charge is 2.20. The van der Waals surface area contributed by atoms with Gasteiger partial charge in [0.05, 0.1) is 3.57 Å². The van der Waals surface area contributed by atoms with E-state index in [2.05, 4.69) is 34.5 Å². The first-order valence-electron chi connectivity index (χ1n) is 5.53. The maximum atomic E-state index is 5.70. The number of benzene rings is 1. The quantitative estimate of drug-likeness (QED) is 0.640. The summed E-state index contributed by atoms with van der Waals surface area (Å²) in [5, 5.41) is 3.43. The summed E-state index contributed by atoms with van der Waals surface area (Å²) in [6, 6.07) is 8.76. The van der Waals surface area contributed by atoms with Crippen LogP contribution < -0.4 is 10.1 Å². The van der Waals surface area contributed by atoms with Crippen molar-refractivity contribution in [3.05, 3.63) is 40.0 Å². The topological polar surface area (TPSA) is 21.3 Å². The highest BCUT2D eigenvalue weighted by molar-refractivity contribution is 14.1. The van der Waals surface area contributed by atoms with Crippen LogP contribution in [-0.2, 0) is 0 Å². The summed E-state index contributed by atoms with van der Waals surface area (Å²) in [5.41, 5.74) is 1.10. The van der Waals surface area contributed by atoms with Crippen LogP contribution in [0.4, 0.5) is 0 Å². The van der Waals surface area contributed by atoms with Crippen LogP contribution in [-0.4, -0.2) is 19.2 Å². The highest BCUT2D eigenvalue weighted by atomic mass is 127. The Balaban J connectivity index is 1.73. The van der Waals surface area contributed by atoms with Crippen LogP contribution in [0.3, 0.4) is 0 Å². The Morgan fingerprint density at radius 3 is 2.88 bits per heavy atom. The van der Waals surface area contributed by atoms with Gasteiger partial charge in [0.2, 0.25) is 0 Å². The van der Waals surface area contributed by atoms with Crippen LogP contribution >= 0.6 is 22.6 Å². The third kappa shape index (κ3) is 3.79. The minimum Gasteiger partial charge on any atom is -0.488 e. The molecule has 1 N–H and O–H groups in total. The maximum absolute atomic E-state index is 5.70. The molecule has 3 heteroatoms. The molecule has 1 aromatic carbocycles. The Hall–Kier alpha value is -0.550. The van der Waals surface area contributed by atoms with Gasteiger partial charge in [-0.15, -0.1) is 0 Å². The van der Waals surface area contributed by atoms with Crippen LogP contribution in [0.1, 0.15) is 12.8 Å². The lowest BCUT2D eigenvalue weighted by Crippen LogP contribution is -2.21. The average Bonchev–Trinajstić information content (AvgIpc) is 3.09. The molecule has 0 bridgehead atoms. The van der Waals surface area contributed by atoms with Crippen molar-refractivity contribution in [2.24, 2.45) is 0 Å². The Morgan fingerprint density at radius 1 is 1.44 bits per heavy atom. The van der Waals surface area contributed by atoms with Crippen molar-refractivity contribution in [2.75, 3.05) is 13.2 Å². The summed E-state index contributed by atoms with van der Waals surface area (Å²) in [6.07, 6.45) is 2.62. The van der Waals surface area contributed by atoms with Gasteiger partial charge in [0.15, 0.2) is 0 Å². The molecule has 0 atom stereocenters. The van der Waals surface area contributed by atoms with Gasteiger partial charge in [-0.2, -0.15) is 0 Å². The molecule has 0 aromatic heterocycles. The van der Waals surface area contributed by atoms with Gasteiger partial charge in [-0.05, 0) is 53.1 Å². The highest BCUT2D eigenvalue weighted by Crippen LogP contribution is 2.20. The van der Waals surface area contributed by atoms with Crippen LogP contribution in [0.2, 0.25) is 0 Å². The predicted octanol–water partition coefficient (Wildman–Crippen LogP) is 2.98. The smallest absolute Gasteiger partial charge is 0.133 e. The first-order valence-corrected chi connectivity index (χ1v) is 6.61. The second-order valence-electron chi connectivity index (χ2n) is 4.12. The minimum atomic E-state index is 0.597. The van der Waals surface area contributed by atoms with Gasteiger partial charge in [-0.1, -0.05) is 18.7 Å². The van der Waals surface area contributed by atoms with E-state index >= 15 is 0 Å². The Morgan fingerprint density at radius 2 is 2.19 bits per heavy atom. The normalized spacial score (nSPS) is 14.8. The van der Waals surface area contributed by atoms with E-state index in [4.69, 9.17) is 4.74 Å². The summed E-state index contributed by atoms with van der Waals surface area (Å²) >= 11 is 2.28. The molecule has 0 heterocycles. The Labute approximate surface area is 110 Å². The number of halogens is 1. The summed E-state index contributed by atoms with van der Waals surface area (Å²) < 4.78 is 6.85. The molecule has 86 valence electrons. The molecule has 1 fully saturated rings. The summed E-state index contributed by atoms with van der Waals surface area (Å²) in [5.74, 6) is 0.940. The van der Waals surface area contributed by atoms with Crippen molar-refractivity contribution in [1.82, 2.24) is 5.32 Å². The van der Waals surface area contributed by atoms with Gasteiger partial charge in [-0.3, -0.25) is 0 Å². The molecule has 0 radical (unpaired) electrons. The van der Waals surface area contributed by atoms with E-state index in [0.29, 0.717) is 6.61 Å². The molecule has 2 nitrogen and oxygen atoms in total. The van der Waals surface area contributed by atoms with Crippen molar-refractivity contribution in [3.63, 3.8) is 0 Å². The lowest BCUT2D eigenvalue weighted by atomic mass is 10.3. The van der Waals surface area contributed by atoms with Crippen molar-refractivity contribution >= 4 is 22.6 Å². The molecular weight excluding hydrogens is 313 g/mol. The number of rotatable bonds is 6. The van der Waals surface area contributed by atoms with Crippen molar-refractivity contribution in [1.29, 1.82) is 0 Å². The Kier molecular flexibility index (Phi) is 4.23. The van der Waals surface area contributed by atoms with E-state index in [1.54, 1.807) is 0 Å². The van der Waals surface area contributed by atoms with E-state index in [9.17, 15) is 0 Å². The number of hydrogen-bond donors (Lipinski definition) is 1. The molecule has 0 amide bonds. The van der Waals surface area contributed by atoms with Gasteiger partial charge in [0, 0.05) is 12.6 Å². The second-order valence-corrected chi connectivity index (χ2v) is 5.29. The third-order valence-electron chi connectivity index (χ3n) is 2.49. The predicted molar refractivity (Wildman–Crippen MR) is 74.8 cm³/mol. The van der Waals surface area contributed by atoms with E-state index in [1.165, 1.54) is 12.8 Å². The molecule has 16 heavy (non-hydrogen) atoms. The molecule has 0 saturated heterocycles. The van der Waals surface area contributed by atoms with Gasteiger partial charge < -0.3 is 10.1 Å². The Bertz CT molecular complexity index is 374. The van der Waals surface area contributed by atoms with Crippen molar-refractivity contribution in [2.45, 2.75) is 18.9 Å². The zero-order valence-electron chi connectivity index (χ0n) is 9.21. The fraction of sp³-hybridized carbons (Fsp3) is 0.385. The SMILES string of the molecule is C=C(CNC1CC1)COc1ccccc1I. The van der Waals surface area contributed by atoms with E-state index in [1.807, 2.05) is 24.3 Å². The minimum absolute atomic E-state index is 0.597. The van der Waals surface area contributed by atoms with Gasteiger partial charge >= 0.3 is 0 Å². The molecule has 2 rings (SSSR count). The number of nitrogens with one attached hydrogen (secondary N) is 1. The summed E-state index contributed by atoms with van der Waals surface area (Å²) in [7, 11) is 0. The summed E-state index contributed by atoms with van der Waals surface area (Å²) in [4.78, 5) is 0. The third-order valence-corrected chi connectivity index (χ3v) is 3.38. The molecule has 0 unspecified atom stereocenters. The first kappa shape index (κ1) is 11.9. The lowest BCUT2D eigenvalue weighted by molar-refractivity contribution is 0.346. The van der Waals surface area contributed by atoms with Crippen LogP contribution in [0.15, 0.2) is 36.4 Å². The number of ether oxygens (including phenoxy) is 1. The molecule has 0 aliphatic heterocycles. The van der Waals surface area contributed by atoms with Crippen LogP contribution in [0.25, 0.3) is 0 Å². The zero-order valence-corrected chi connectivity index (χ0v) is 11.4. The number of hydrogen-bond acceptors (Lipinski definition) is 2. The van der Waals surface area contributed by atoms with Gasteiger partial charge in [-0.25, -0.2) is 0 Å². The van der Waals surface area contributed by atoms with E-state index in [0.717, 1.165) is 27.5 Å². The summed E-state index contributed by atoms with van der Waals surface area (Å²) in [6.45, 7) is 5.48. The number of para-hydroxylation sites is 1. The van der Waals surface area contributed by atoms with Crippen LogP contribution in [0.5, 0.6) is 5.75 Å². The van der Waals surface area contributed by atoms with E-state index < -0.39 is 0 Å². The fourth-order valence-corrected chi connectivity index (χ4v) is 1.91. The molecule has 1 aromatic rings. The standard InChI is InChI=1S/C13H16INO/c1-10(8-15-11-6-7-11)9-16-13-5-3-2-4-12(13)14/h2-5,11,15H,1,6-9H2. The molecular formula is C13H16INO. The van der Waals surface area contributed by atoms with Crippen LogP contribution in [0, 0.1) is 3.57 Å².